The molecular weight excluding hydrogens is 164 g/mol. The van der Waals surface area contributed by atoms with Gasteiger partial charge >= 0.3 is 5.88 Å². The van der Waals surface area contributed by atoms with E-state index in [-0.39, 0.29) is 18.1 Å². The van der Waals surface area contributed by atoms with Gasteiger partial charge in [-0.15, -0.1) is 0 Å². The molecule has 1 rings (SSSR count). The van der Waals surface area contributed by atoms with Crippen LogP contribution in [0.4, 0.5) is 5.88 Å². The third-order valence-electron chi connectivity index (χ3n) is 1.18. The van der Waals surface area contributed by atoms with Gasteiger partial charge in [0.1, 0.15) is 10.7 Å². The van der Waals surface area contributed by atoms with Gasteiger partial charge in [0.2, 0.25) is 5.91 Å². The largest absolute Gasteiger partial charge is 0.433 e. The highest BCUT2D eigenvalue weighted by atomic mass is 16.6. The summed E-state index contributed by atoms with van der Waals surface area (Å²) in [6.45, 7) is 0. The van der Waals surface area contributed by atoms with E-state index in [0.29, 0.717) is 0 Å². The molecule has 0 saturated heterocycles. The lowest BCUT2D eigenvalue weighted by atomic mass is 10.3. The van der Waals surface area contributed by atoms with Gasteiger partial charge in [-0.25, -0.2) is 0 Å². The van der Waals surface area contributed by atoms with Crippen LogP contribution in [0.2, 0.25) is 0 Å². The van der Waals surface area contributed by atoms with Crippen molar-refractivity contribution in [1.29, 1.82) is 0 Å². The van der Waals surface area contributed by atoms with Gasteiger partial charge in [0.05, 0.1) is 12.5 Å². The van der Waals surface area contributed by atoms with Crippen molar-refractivity contribution in [1.82, 2.24) is 0 Å². The van der Waals surface area contributed by atoms with Crippen LogP contribution in [-0.2, 0) is 11.2 Å². The molecule has 0 fully saturated rings. The van der Waals surface area contributed by atoms with Crippen molar-refractivity contribution in [2.45, 2.75) is 6.42 Å². The SMILES string of the molecule is NC(=O)Cc1ccc([N+](=O)[O-])o1. The second-order valence-electron chi connectivity index (χ2n) is 2.14. The molecule has 0 spiro atoms. The maximum atomic E-state index is 10.3. The Hall–Kier alpha value is -1.85. The number of rotatable bonds is 3. The van der Waals surface area contributed by atoms with E-state index in [9.17, 15) is 14.9 Å². The summed E-state index contributed by atoms with van der Waals surface area (Å²) in [6, 6.07) is 2.53. The number of carbonyl (C=O) groups is 1. The highest BCUT2D eigenvalue weighted by Crippen LogP contribution is 2.15. The first-order valence-electron chi connectivity index (χ1n) is 3.11. The van der Waals surface area contributed by atoms with Gasteiger partial charge in [-0.3, -0.25) is 14.9 Å². The van der Waals surface area contributed by atoms with Crippen molar-refractivity contribution in [2.24, 2.45) is 5.73 Å². The number of nitrogens with zero attached hydrogens (tertiary/aromatic N) is 1. The Morgan fingerprint density at radius 3 is 2.75 bits per heavy atom. The standard InChI is InChI=1S/C6H6N2O4/c7-5(9)3-4-1-2-6(12-4)8(10)11/h1-2H,3H2,(H2,7,9). The molecule has 0 aliphatic rings. The Labute approximate surface area is 67.1 Å². The zero-order valence-corrected chi connectivity index (χ0v) is 6.02. The zero-order chi connectivity index (χ0) is 9.14. The first-order valence-corrected chi connectivity index (χ1v) is 3.11. The molecule has 0 radical (unpaired) electrons. The maximum absolute atomic E-state index is 10.3. The number of hydrogen-bond acceptors (Lipinski definition) is 4. The summed E-state index contributed by atoms with van der Waals surface area (Å²) in [5, 5.41) is 10.1. The molecule has 1 aromatic rings. The molecule has 0 atom stereocenters. The Kier molecular flexibility index (Phi) is 2.09. The monoisotopic (exact) mass is 170 g/mol. The summed E-state index contributed by atoms with van der Waals surface area (Å²) in [7, 11) is 0. The highest BCUT2D eigenvalue weighted by molar-refractivity contribution is 5.75. The van der Waals surface area contributed by atoms with E-state index in [1.54, 1.807) is 0 Å². The number of nitro groups is 1. The fourth-order valence-corrected chi connectivity index (χ4v) is 0.731. The summed E-state index contributed by atoms with van der Waals surface area (Å²) in [4.78, 5) is 19.8. The molecule has 1 amide bonds. The fraction of sp³-hybridized carbons (Fsp3) is 0.167. The van der Waals surface area contributed by atoms with E-state index in [2.05, 4.69) is 4.42 Å². The molecule has 0 aliphatic carbocycles. The molecule has 0 bridgehead atoms. The second-order valence-corrected chi connectivity index (χ2v) is 2.14. The average Bonchev–Trinajstić information content (AvgIpc) is 2.34. The third-order valence-corrected chi connectivity index (χ3v) is 1.18. The molecule has 1 heterocycles. The van der Waals surface area contributed by atoms with E-state index in [0.717, 1.165) is 0 Å². The van der Waals surface area contributed by atoms with Gasteiger partial charge < -0.3 is 10.2 Å². The number of primary amides is 1. The highest BCUT2D eigenvalue weighted by Gasteiger charge is 2.12. The predicted octanol–water partition coefficient (Wildman–Crippen LogP) is 0.216. The molecule has 0 aromatic carbocycles. The number of furan rings is 1. The van der Waals surface area contributed by atoms with Gasteiger partial charge in [-0.2, -0.15) is 0 Å². The number of amides is 1. The Morgan fingerprint density at radius 1 is 1.67 bits per heavy atom. The molecule has 0 aliphatic heterocycles. The summed E-state index contributed by atoms with van der Waals surface area (Å²) < 4.78 is 4.66. The Balaban J connectivity index is 2.77. The normalized spacial score (nSPS) is 9.67. The average molecular weight is 170 g/mol. The minimum Gasteiger partial charge on any atom is -0.405 e. The van der Waals surface area contributed by atoms with Crippen molar-refractivity contribution < 1.29 is 14.1 Å². The van der Waals surface area contributed by atoms with Crippen molar-refractivity contribution in [3.8, 4) is 0 Å². The molecule has 64 valence electrons. The van der Waals surface area contributed by atoms with Gasteiger partial charge in [0, 0.05) is 0 Å². The first kappa shape index (κ1) is 8.25. The van der Waals surface area contributed by atoms with Crippen LogP contribution in [0.1, 0.15) is 5.76 Å². The van der Waals surface area contributed by atoms with Gasteiger partial charge in [-0.05, 0) is 6.07 Å². The molecule has 6 nitrogen and oxygen atoms in total. The van der Waals surface area contributed by atoms with E-state index in [1.165, 1.54) is 12.1 Å². The lowest BCUT2D eigenvalue weighted by molar-refractivity contribution is -0.402. The van der Waals surface area contributed by atoms with Gasteiger partial charge in [-0.1, -0.05) is 0 Å². The number of hydrogen-bond donors (Lipinski definition) is 1. The molecule has 2 N–H and O–H groups in total. The van der Waals surface area contributed by atoms with Crippen LogP contribution in [0.5, 0.6) is 0 Å². The number of carbonyl (C=O) groups excluding carboxylic acids is 1. The van der Waals surface area contributed by atoms with E-state index in [4.69, 9.17) is 5.73 Å². The zero-order valence-electron chi connectivity index (χ0n) is 6.02. The van der Waals surface area contributed by atoms with Crippen molar-refractivity contribution in [3.63, 3.8) is 0 Å². The summed E-state index contributed by atoms with van der Waals surface area (Å²) in [6.07, 6.45) is -0.117. The molecular formula is C6H6N2O4. The van der Waals surface area contributed by atoms with Crippen LogP contribution >= 0.6 is 0 Å². The molecule has 6 heteroatoms. The van der Waals surface area contributed by atoms with Gasteiger partial charge in [0.25, 0.3) is 0 Å². The summed E-state index contributed by atoms with van der Waals surface area (Å²) >= 11 is 0. The smallest absolute Gasteiger partial charge is 0.405 e. The van der Waals surface area contributed by atoms with Crippen LogP contribution in [0, 0.1) is 10.1 Å². The Morgan fingerprint density at radius 2 is 2.33 bits per heavy atom. The maximum Gasteiger partial charge on any atom is 0.433 e. The molecule has 0 saturated carbocycles. The first-order chi connectivity index (χ1) is 5.59. The minimum atomic E-state index is -0.676. The van der Waals surface area contributed by atoms with E-state index in [1.807, 2.05) is 0 Å². The van der Waals surface area contributed by atoms with Gasteiger partial charge in [0.15, 0.2) is 0 Å². The lowest BCUT2D eigenvalue weighted by Gasteiger charge is -1.87. The van der Waals surface area contributed by atoms with Crippen molar-refractivity contribution in [3.05, 3.63) is 28.0 Å². The summed E-state index contributed by atoms with van der Waals surface area (Å²) in [5.74, 6) is -0.764. The Bertz CT molecular complexity index is 317. The molecule has 0 unspecified atom stereocenters. The van der Waals surface area contributed by atoms with Crippen LogP contribution in [0.25, 0.3) is 0 Å². The van der Waals surface area contributed by atoms with E-state index >= 15 is 0 Å². The van der Waals surface area contributed by atoms with Crippen molar-refractivity contribution in [2.75, 3.05) is 0 Å². The third kappa shape index (κ3) is 1.82. The molecule has 1 aromatic heterocycles. The summed E-state index contributed by atoms with van der Waals surface area (Å²) in [5.41, 5.74) is 4.84. The topological polar surface area (TPSA) is 99.4 Å². The van der Waals surface area contributed by atoms with Crippen LogP contribution < -0.4 is 5.73 Å². The van der Waals surface area contributed by atoms with Crippen LogP contribution in [0.15, 0.2) is 16.5 Å². The molecule has 12 heavy (non-hydrogen) atoms. The van der Waals surface area contributed by atoms with Crippen LogP contribution in [-0.4, -0.2) is 10.8 Å². The quantitative estimate of drug-likeness (QED) is 0.517. The second kappa shape index (κ2) is 3.04. The van der Waals surface area contributed by atoms with Crippen LogP contribution in [0.3, 0.4) is 0 Å². The van der Waals surface area contributed by atoms with E-state index < -0.39 is 10.8 Å². The lowest BCUT2D eigenvalue weighted by Crippen LogP contribution is -2.12. The fourth-order valence-electron chi connectivity index (χ4n) is 0.731. The number of nitrogens with two attached hydrogens (primary N) is 1. The minimum absolute atomic E-state index is 0.117. The predicted molar refractivity (Wildman–Crippen MR) is 38.3 cm³/mol. The van der Waals surface area contributed by atoms with Crippen molar-refractivity contribution >= 4 is 11.8 Å².